The maximum absolute atomic E-state index is 12.0. The van der Waals surface area contributed by atoms with Crippen molar-refractivity contribution in [1.82, 2.24) is 0 Å². The van der Waals surface area contributed by atoms with Crippen molar-refractivity contribution in [2.24, 2.45) is 0 Å². The lowest BCUT2D eigenvalue weighted by Gasteiger charge is -2.07. The Hall–Kier alpha value is -1.39. The average Bonchev–Trinajstić information content (AvgIpc) is 2.67. The summed E-state index contributed by atoms with van der Waals surface area (Å²) in [7, 11) is -7.44. The molecule has 160 valence electrons. The Morgan fingerprint density at radius 1 is 0.655 bits per heavy atom. The topological polar surface area (TPSA) is 86.7 Å². The van der Waals surface area contributed by atoms with Crippen LogP contribution in [0, 0.1) is 13.8 Å². The van der Waals surface area contributed by atoms with E-state index in [9.17, 15) is 16.8 Å². The highest BCUT2D eigenvalue weighted by Gasteiger charge is 2.15. The van der Waals surface area contributed by atoms with Crippen LogP contribution in [0.3, 0.4) is 0 Å². The zero-order chi connectivity index (χ0) is 21.3. The Bertz CT molecular complexity index is 884. The van der Waals surface area contributed by atoms with Gasteiger partial charge in [-0.25, -0.2) is 0 Å². The third kappa shape index (κ3) is 8.10. The maximum atomic E-state index is 12.0. The highest BCUT2D eigenvalue weighted by molar-refractivity contribution is 7.99. The van der Waals surface area contributed by atoms with E-state index in [4.69, 9.17) is 8.37 Å². The zero-order valence-corrected chi connectivity index (χ0v) is 19.0. The monoisotopic (exact) mass is 458 g/mol. The summed E-state index contributed by atoms with van der Waals surface area (Å²) in [6.07, 6.45) is 1.16. The van der Waals surface area contributed by atoms with Crippen molar-refractivity contribution >= 4 is 32.0 Å². The van der Waals surface area contributed by atoms with Crippen molar-refractivity contribution in [1.29, 1.82) is 0 Å². The van der Waals surface area contributed by atoms with Gasteiger partial charge in [-0.15, -0.1) is 0 Å². The fraction of sp³-hybridized carbons (Fsp3) is 0.400. The molecule has 0 saturated carbocycles. The molecule has 2 rings (SSSR count). The van der Waals surface area contributed by atoms with Crippen LogP contribution in [0.2, 0.25) is 0 Å². The number of aryl methyl sites for hydroxylation is 2. The zero-order valence-electron chi connectivity index (χ0n) is 16.5. The first kappa shape index (κ1) is 23.9. The highest BCUT2D eigenvalue weighted by Crippen LogP contribution is 2.15. The van der Waals surface area contributed by atoms with E-state index in [1.165, 1.54) is 24.3 Å². The van der Waals surface area contributed by atoms with Crippen molar-refractivity contribution in [3.63, 3.8) is 0 Å². The minimum absolute atomic E-state index is 0.113. The van der Waals surface area contributed by atoms with Crippen LogP contribution >= 0.6 is 11.8 Å². The number of benzene rings is 2. The highest BCUT2D eigenvalue weighted by atomic mass is 32.2. The maximum Gasteiger partial charge on any atom is 0.296 e. The van der Waals surface area contributed by atoms with Crippen LogP contribution in [0.4, 0.5) is 0 Å². The van der Waals surface area contributed by atoms with Gasteiger partial charge in [0.1, 0.15) is 0 Å². The quantitative estimate of drug-likeness (QED) is 0.352. The Morgan fingerprint density at radius 3 is 1.34 bits per heavy atom. The molecule has 0 aromatic heterocycles. The molecule has 0 saturated heterocycles. The molecule has 0 unspecified atom stereocenters. The van der Waals surface area contributed by atoms with Crippen LogP contribution in [0.15, 0.2) is 58.3 Å². The number of thioether (sulfide) groups is 1. The van der Waals surface area contributed by atoms with Crippen LogP contribution in [0.5, 0.6) is 0 Å². The Balaban J connectivity index is 1.58. The molecule has 2 aromatic rings. The van der Waals surface area contributed by atoms with E-state index >= 15 is 0 Å². The summed E-state index contributed by atoms with van der Waals surface area (Å²) in [6.45, 7) is 4.00. The van der Waals surface area contributed by atoms with Gasteiger partial charge in [0.2, 0.25) is 0 Å². The van der Waals surface area contributed by atoms with Gasteiger partial charge in [0, 0.05) is 0 Å². The Morgan fingerprint density at radius 2 is 1.00 bits per heavy atom. The first-order valence-electron chi connectivity index (χ1n) is 9.21. The molecule has 0 amide bonds. The predicted octanol–water partition coefficient (Wildman–Crippen LogP) is 3.93. The largest absolute Gasteiger partial charge is 0.296 e. The third-order valence-electron chi connectivity index (χ3n) is 3.96. The molecule has 9 heteroatoms. The summed E-state index contributed by atoms with van der Waals surface area (Å²) in [4.78, 5) is 0.311. The van der Waals surface area contributed by atoms with Crippen LogP contribution in [-0.2, 0) is 28.6 Å². The average molecular weight is 459 g/mol. The summed E-state index contributed by atoms with van der Waals surface area (Å²) >= 11 is 1.60. The Labute approximate surface area is 177 Å². The van der Waals surface area contributed by atoms with Gasteiger partial charge >= 0.3 is 0 Å². The number of hydrogen-bond donors (Lipinski definition) is 0. The van der Waals surface area contributed by atoms with E-state index in [0.29, 0.717) is 24.3 Å². The minimum atomic E-state index is -3.72. The van der Waals surface area contributed by atoms with Crippen molar-refractivity contribution in [2.75, 3.05) is 24.7 Å². The van der Waals surface area contributed by atoms with E-state index in [1.807, 2.05) is 13.8 Å². The summed E-state index contributed by atoms with van der Waals surface area (Å²) in [6, 6.07) is 13.0. The summed E-state index contributed by atoms with van der Waals surface area (Å²) in [5, 5.41) is 0. The van der Waals surface area contributed by atoms with Gasteiger partial charge in [-0.3, -0.25) is 8.37 Å². The molecule has 6 nitrogen and oxygen atoms in total. The SMILES string of the molecule is Cc1ccc(S(=O)(=O)OCCCSCCCOS(=O)(=O)c2ccc(C)cc2)cc1. The predicted molar refractivity (Wildman–Crippen MR) is 115 cm³/mol. The second-order valence-corrected chi connectivity index (χ2v) is 11.0. The van der Waals surface area contributed by atoms with Gasteiger partial charge in [-0.2, -0.15) is 28.6 Å². The molecule has 0 spiro atoms. The summed E-state index contributed by atoms with van der Waals surface area (Å²) in [5.74, 6) is 1.43. The minimum Gasteiger partial charge on any atom is -0.266 e. The molecule has 0 radical (unpaired) electrons. The van der Waals surface area contributed by atoms with E-state index in [1.54, 1.807) is 36.0 Å². The molecular weight excluding hydrogens is 432 g/mol. The van der Waals surface area contributed by atoms with E-state index in [2.05, 4.69) is 0 Å². The van der Waals surface area contributed by atoms with Gasteiger partial charge < -0.3 is 0 Å². The summed E-state index contributed by atoms with van der Waals surface area (Å²) in [5.41, 5.74) is 1.96. The smallest absolute Gasteiger partial charge is 0.266 e. The Kier molecular flexibility index (Phi) is 9.16. The molecule has 0 N–H and O–H groups in total. The van der Waals surface area contributed by atoms with Crippen LogP contribution in [-0.4, -0.2) is 41.6 Å². The van der Waals surface area contributed by atoms with Gasteiger partial charge in [0.25, 0.3) is 20.2 Å². The van der Waals surface area contributed by atoms with Gasteiger partial charge in [0.15, 0.2) is 0 Å². The fourth-order valence-corrected chi connectivity index (χ4v) is 5.04. The van der Waals surface area contributed by atoms with Gasteiger partial charge in [-0.1, -0.05) is 35.4 Å². The van der Waals surface area contributed by atoms with Crippen molar-refractivity contribution in [3.05, 3.63) is 59.7 Å². The van der Waals surface area contributed by atoms with E-state index in [0.717, 1.165) is 11.1 Å². The lowest BCUT2D eigenvalue weighted by Crippen LogP contribution is -2.09. The second-order valence-electron chi connectivity index (χ2n) is 6.50. The standard InChI is InChI=1S/C20H26O6S3/c1-17-5-9-19(10-6-17)28(21,22)25-13-3-15-27-16-4-14-26-29(23,24)20-11-7-18(2)8-12-20/h5-12H,3-4,13-16H2,1-2H3. The lowest BCUT2D eigenvalue weighted by molar-refractivity contribution is 0.318. The van der Waals surface area contributed by atoms with Crippen LogP contribution < -0.4 is 0 Å². The summed E-state index contributed by atoms with van der Waals surface area (Å²) < 4.78 is 58.3. The molecule has 0 aliphatic heterocycles. The second kappa shape index (κ2) is 11.1. The number of rotatable bonds is 12. The van der Waals surface area contributed by atoms with E-state index < -0.39 is 20.2 Å². The molecule has 29 heavy (non-hydrogen) atoms. The number of hydrogen-bond acceptors (Lipinski definition) is 7. The molecule has 0 atom stereocenters. The molecule has 0 bridgehead atoms. The lowest BCUT2D eigenvalue weighted by atomic mass is 10.2. The van der Waals surface area contributed by atoms with Crippen molar-refractivity contribution in [2.45, 2.75) is 36.5 Å². The van der Waals surface area contributed by atoms with Crippen molar-refractivity contribution in [3.8, 4) is 0 Å². The normalized spacial score (nSPS) is 12.2. The first-order valence-corrected chi connectivity index (χ1v) is 13.2. The fourth-order valence-electron chi connectivity index (χ4n) is 2.31. The van der Waals surface area contributed by atoms with Crippen LogP contribution in [0.1, 0.15) is 24.0 Å². The molecule has 0 fully saturated rings. The molecular formula is C20H26O6S3. The first-order chi connectivity index (χ1) is 13.7. The molecule has 2 aromatic carbocycles. The molecule has 0 heterocycles. The van der Waals surface area contributed by atoms with Gasteiger partial charge in [0.05, 0.1) is 23.0 Å². The molecule has 0 aliphatic rings. The van der Waals surface area contributed by atoms with Gasteiger partial charge in [-0.05, 0) is 62.5 Å². The van der Waals surface area contributed by atoms with Crippen LogP contribution in [0.25, 0.3) is 0 Å². The molecule has 0 aliphatic carbocycles. The van der Waals surface area contributed by atoms with Crippen molar-refractivity contribution < 1.29 is 25.2 Å². The van der Waals surface area contributed by atoms with E-state index in [-0.39, 0.29) is 23.0 Å². The third-order valence-corrected chi connectivity index (χ3v) is 7.77.